The Morgan fingerprint density at radius 3 is 2.30 bits per heavy atom. The zero-order valence-corrected chi connectivity index (χ0v) is 14.9. The van der Waals surface area contributed by atoms with E-state index in [0.717, 1.165) is 6.07 Å². The fraction of sp³-hybridized carbons (Fsp3) is 0.273. The molecule has 3 amide bonds. The Hall–Kier alpha value is -1.42. The summed E-state index contributed by atoms with van der Waals surface area (Å²) >= 11 is 17.4. The Balaban J connectivity index is 3.44. The number of nitrogens with two attached hydrogens (primary N) is 1. The molecule has 1 rings (SSSR count). The highest BCUT2D eigenvalue weighted by molar-refractivity contribution is 7.89. The first kappa shape index (κ1) is 19.6. The molecule has 0 radical (unpaired) electrons. The minimum absolute atomic E-state index is 0.0470. The Bertz CT molecular complexity index is 739. The number of hydrogen-bond acceptors (Lipinski definition) is 5. The molecule has 0 fully saturated rings. The monoisotopic (exact) mass is 403 g/mol. The summed E-state index contributed by atoms with van der Waals surface area (Å²) in [6.45, 7) is 2.96. The number of urea groups is 1. The number of primary amides is 1. The molecule has 0 saturated heterocycles. The van der Waals surface area contributed by atoms with Gasteiger partial charge in [-0.1, -0.05) is 34.8 Å². The summed E-state index contributed by atoms with van der Waals surface area (Å²) in [6, 6.07) is 0.866. The van der Waals surface area contributed by atoms with Crippen LogP contribution in [0.3, 0.4) is 0 Å². The lowest BCUT2D eigenvalue weighted by atomic mass is 10.4. The van der Waals surface area contributed by atoms with Gasteiger partial charge in [-0.3, -0.25) is 0 Å². The van der Waals surface area contributed by atoms with Crippen LogP contribution in [0.15, 0.2) is 17.0 Å². The van der Waals surface area contributed by atoms with Crippen molar-refractivity contribution in [3.63, 3.8) is 0 Å². The van der Waals surface area contributed by atoms with Gasteiger partial charge in [0, 0.05) is 5.02 Å². The second-order valence-electron chi connectivity index (χ2n) is 4.38. The van der Waals surface area contributed by atoms with E-state index in [-0.39, 0.29) is 19.5 Å². The van der Waals surface area contributed by atoms with Gasteiger partial charge < -0.3 is 10.5 Å². The number of rotatable bonds is 3. The summed E-state index contributed by atoms with van der Waals surface area (Å²) in [5.74, 6) is 0. The number of benzene rings is 1. The average molecular weight is 405 g/mol. The molecule has 23 heavy (non-hydrogen) atoms. The van der Waals surface area contributed by atoms with Crippen molar-refractivity contribution in [1.82, 2.24) is 9.84 Å². The van der Waals surface area contributed by atoms with Crippen LogP contribution in [-0.4, -0.2) is 31.1 Å². The highest BCUT2D eigenvalue weighted by atomic mass is 35.5. The van der Waals surface area contributed by atoms with Gasteiger partial charge in [0.15, 0.2) is 0 Å². The van der Waals surface area contributed by atoms with Gasteiger partial charge in [0.2, 0.25) is 0 Å². The maximum absolute atomic E-state index is 12.6. The molecule has 1 aromatic carbocycles. The lowest BCUT2D eigenvalue weighted by Gasteiger charge is -2.23. The lowest BCUT2D eigenvalue weighted by Crippen LogP contribution is -2.52. The van der Waals surface area contributed by atoms with Gasteiger partial charge in [0.25, 0.3) is 10.0 Å². The van der Waals surface area contributed by atoms with Gasteiger partial charge in [-0.05, 0) is 26.0 Å². The van der Waals surface area contributed by atoms with E-state index < -0.39 is 33.1 Å². The molecule has 12 heteroatoms. The molecule has 0 saturated carbocycles. The highest BCUT2D eigenvalue weighted by Crippen LogP contribution is 2.34. The molecule has 0 spiro atoms. The first-order valence-corrected chi connectivity index (χ1v) is 8.50. The summed E-state index contributed by atoms with van der Waals surface area (Å²) in [5, 5.41) is -0.590. The van der Waals surface area contributed by atoms with Gasteiger partial charge in [-0.2, -0.15) is 8.42 Å². The van der Waals surface area contributed by atoms with Gasteiger partial charge in [0.1, 0.15) is 4.90 Å². The number of hydrogen-bond donors (Lipinski definition) is 2. The predicted molar refractivity (Wildman–Crippen MR) is 84.8 cm³/mol. The fourth-order valence-electron chi connectivity index (χ4n) is 1.37. The van der Waals surface area contributed by atoms with Crippen LogP contribution in [-0.2, 0) is 14.8 Å². The third kappa shape index (κ3) is 4.77. The number of carbonyl (C=O) groups excluding carboxylic acids is 2. The molecule has 0 aliphatic heterocycles. The number of nitrogens with zero attached hydrogens (tertiary/aromatic N) is 1. The maximum Gasteiger partial charge on any atom is 0.443 e. The highest BCUT2D eigenvalue weighted by Gasteiger charge is 2.35. The van der Waals surface area contributed by atoms with Gasteiger partial charge in [-0.25, -0.2) is 15.0 Å². The van der Waals surface area contributed by atoms with Crippen molar-refractivity contribution in [1.29, 1.82) is 0 Å². The van der Waals surface area contributed by atoms with Crippen LogP contribution in [0, 0.1) is 0 Å². The molecule has 0 bridgehead atoms. The third-order valence-electron chi connectivity index (χ3n) is 2.19. The van der Waals surface area contributed by atoms with Crippen LogP contribution in [0.25, 0.3) is 0 Å². The Morgan fingerprint density at radius 2 is 1.83 bits per heavy atom. The van der Waals surface area contributed by atoms with E-state index in [1.54, 1.807) is 5.43 Å². The zero-order valence-electron chi connectivity index (χ0n) is 11.8. The number of hydrazine groups is 1. The standard InChI is InChI=1S/C11H12Cl3N3O5S/c1-5(2)22-11(19)17(16-10(15)18)23(20,21)8-4-6(12)3-7(13)9(8)14/h3-5H,1-2H3,(H3,15,16,18). The summed E-state index contributed by atoms with van der Waals surface area (Å²) in [5.41, 5.74) is 6.54. The van der Waals surface area contributed by atoms with Crippen LogP contribution in [0.5, 0.6) is 0 Å². The van der Waals surface area contributed by atoms with E-state index >= 15 is 0 Å². The van der Waals surface area contributed by atoms with Gasteiger partial charge in [-0.15, -0.1) is 4.41 Å². The quantitative estimate of drug-likeness (QED) is 0.593. The van der Waals surface area contributed by atoms with E-state index in [1.165, 1.54) is 19.9 Å². The molecular weight excluding hydrogens is 393 g/mol. The van der Waals surface area contributed by atoms with Crippen molar-refractivity contribution < 1.29 is 22.7 Å². The third-order valence-corrected chi connectivity index (χ3v) is 4.92. The van der Waals surface area contributed by atoms with E-state index in [1.807, 2.05) is 0 Å². The van der Waals surface area contributed by atoms with Crippen molar-refractivity contribution in [2.24, 2.45) is 5.73 Å². The van der Waals surface area contributed by atoms with Crippen LogP contribution in [0.4, 0.5) is 9.59 Å². The van der Waals surface area contributed by atoms with Gasteiger partial charge >= 0.3 is 12.1 Å². The molecule has 0 aliphatic carbocycles. The molecule has 128 valence electrons. The Labute approximate surface area is 147 Å². The van der Waals surface area contributed by atoms with E-state index in [9.17, 15) is 18.0 Å². The van der Waals surface area contributed by atoms with Crippen LogP contribution < -0.4 is 11.2 Å². The molecule has 0 aliphatic rings. The largest absolute Gasteiger partial charge is 0.445 e. The molecule has 0 unspecified atom stereocenters. The molecule has 0 aromatic heterocycles. The minimum Gasteiger partial charge on any atom is -0.445 e. The fourth-order valence-corrected chi connectivity index (χ4v) is 3.65. The number of ether oxygens (including phenoxy) is 1. The van der Waals surface area contributed by atoms with E-state index in [4.69, 9.17) is 45.3 Å². The average Bonchev–Trinajstić information content (AvgIpc) is 2.38. The molecular formula is C11H12Cl3N3O5S. The van der Waals surface area contributed by atoms with Crippen LogP contribution >= 0.6 is 34.8 Å². The Morgan fingerprint density at radius 1 is 1.26 bits per heavy atom. The summed E-state index contributed by atoms with van der Waals surface area (Å²) in [4.78, 5) is 22.3. The van der Waals surface area contributed by atoms with Crippen molar-refractivity contribution in [3.05, 3.63) is 27.2 Å². The molecule has 3 N–H and O–H groups in total. The predicted octanol–water partition coefficient (Wildman–Crippen LogP) is 2.77. The number of carbonyl (C=O) groups is 2. The normalized spacial score (nSPS) is 11.2. The number of sulfonamides is 1. The minimum atomic E-state index is -4.67. The van der Waals surface area contributed by atoms with Crippen LogP contribution in [0.2, 0.25) is 15.1 Å². The first-order chi connectivity index (χ1) is 10.5. The second-order valence-corrected chi connectivity index (χ2v) is 7.35. The molecule has 8 nitrogen and oxygen atoms in total. The van der Waals surface area contributed by atoms with E-state index in [0.29, 0.717) is 0 Å². The number of amides is 3. The maximum atomic E-state index is 12.6. The van der Waals surface area contributed by atoms with Crippen molar-refractivity contribution in [2.75, 3.05) is 0 Å². The molecule has 1 aromatic rings. The smallest absolute Gasteiger partial charge is 0.443 e. The van der Waals surface area contributed by atoms with E-state index in [2.05, 4.69) is 0 Å². The second kappa shape index (κ2) is 7.43. The summed E-state index contributed by atoms with van der Waals surface area (Å²) in [6.07, 6.45) is -2.04. The summed E-state index contributed by atoms with van der Waals surface area (Å²) < 4.78 is 29.8. The summed E-state index contributed by atoms with van der Waals surface area (Å²) in [7, 11) is -4.67. The van der Waals surface area contributed by atoms with Crippen LogP contribution in [0.1, 0.15) is 13.8 Å². The van der Waals surface area contributed by atoms with Crippen molar-refractivity contribution in [2.45, 2.75) is 24.8 Å². The lowest BCUT2D eigenvalue weighted by molar-refractivity contribution is 0.0893. The number of halogens is 3. The Kier molecular flexibility index (Phi) is 6.34. The number of nitrogens with one attached hydrogen (secondary N) is 1. The van der Waals surface area contributed by atoms with Crippen molar-refractivity contribution in [3.8, 4) is 0 Å². The van der Waals surface area contributed by atoms with Gasteiger partial charge in [0.05, 0.1) is 16.1 Å². The molecule has 0 heterocycles. The first-order valence-electron chi connectivity index (χ1n) is 5.93. The SMILES string of the molecule is CC(C)OC(=O)N(NC(N)=O)S(=O)(=O)c1cc(Cl)cc(Cl)c1Cl. The molecule has 0 atom stereocenters. The topological polar surface area (TPSA) is 119 Å². The zero-order chi connectivity index (χ0) is 17.9. The van der Waals surface area contributed by atoms with Crippen molar-refractivity contribution >= 4 is 57.0 Å².